The lowest BCUT2D eigenvalue weighted by Crippen LogP contribution is -2.28. The van der Waals surface area contributed by atoms with E-state index in [4.69, 9.17) is 4.74 Å². The van der Waals surface area contributed by atoms with Crippen LogP contribution in [0.5, 0.6) is 5.75 Å². The molecule has 1 aromatic carbocycles. The third kappa shape index (κ3) is 3.28. The van der Waals surface area contributed by atoms with E-state index in [1.54, 1.807) is 58.5 Å². The molecule has 0 aliphatic carbocycles. The zero-order chi connectivity index (χ0) is 16.3. The van der Waals surface area contributed by atoms with Crippen LogP contribution in [0.2, 0.25) is 0 Å². The van der Waals surface area contributed by atoms with Crippen molar-refractivity contribution in [3.05, 3.63) is 53.3 Å². The van der Waals surface area contributed by atoms with E-state index in [2.05, 4.69) is 4.98 Å². The largest absolute Gasteiger partial charge is 0.497 e. The Morgan fingerprint density at radius 2 is 1.82 bits per heavy atom. The summed E-state index contributed by atoms with van der Waals surface area (Å²) in [6, 6.07) is 8.91. The number of aromatic nitrogens is 1. The normalized spacial score (nSPS) is 11.7. The summed E-state index contributed by atoms with van der Waals surface area (Å²) in [6.07, 6.45) is 1.65. The van der Waals surface area contributed by atoms with E-state index in [1.165, 1.54) is 4.31 Å². The predicted octanol–water partition coefficient (Wildman–Crippen LogP) is 2.53. The summed E-state index contributed by atoms with van der Waals surface area (Å²) in [4.78, 5) is 4.50. The highest BCUT2D eigenvalue weighted by Crippen LogP contribution is 2.28. The van der Waals surface area contributed by atoms with Crippen LogP contribution >= 0.6 is 0 Å². The van der Waals surface area contributed by atoms with E-state index in [-0.39, 0.29) is 6.54 Å². The van der Waals surface area contributed by atoms with Gasteiger partial charge in [0, 0.05) is 13.2 Å². The molecule has 118 valence electrons. The Bertz CT molecular complexity index is 735. The van der Waals surface area contributed by atoms with Crippen LogP contribution in [0, 0.1) is 13.8 Å². The van der Waals surface area contributed by atoms with Crippen LogP contribution in [0.15, 0.2) is 41.4 Å². The molecule has 0 unspecified atom stereocenters. The maximum absolute atomic E-state index is 12.8. The first kappa shape index (κ1) is 16.5. The van der Waals surface area contributed by atoms with Gasteiger partial charge in [-0.3, -0.25) is 4.98 Å². The quantitative estimate of drug-likeness (QED) is 0.849. The molecule has 1 heterocycles. The van der Waals surface area contributed by atoms with Crippen LogP contribution < -0.4 is 4.74 Å². The number of rotatable bonds is 5. The first-order valence-corrected chi connectivity index (χ1v) is 8.31. The molecule has 0 saturated carbocycles. The molecule has 2 aromatic rings. The van der Waals surface area contributed by atoms with Gasteiger partial charge in [-0.15, -0.1) is 0 Å². The Kier molecular flexibility index (Phi) is 4.83. The van der Waals surface area contributed by atoms with Crippen LogP contribution in [0.25, 0.3) is 0 Å². The average Bonchev–Trinajstić information content (AvgIpc) is 2.47. The fourth-order valence-corrected chi connectivity index (χ4v) is 3.94. The van der Waals surface area contributed by atoms with Gasteiger partial charge in [0.05, 0.1) is 24.2 Å². The van der Waals surface area contributed by atoms with Gasteiger partial charge >= 0.3 is 0 Å². The van der Waals surface area contributed by atoms with Crippen molar-refractivity contribution in [2.75, 3.05) is 14.2 Å². The van der Waals surface area contributed by atoms with Crippen molar-refractivity contribution in [2.24, 2.45) is 0 Å². The van der Waals surface area contributed by atoms with E-state index >= 15 is 0 Å². The van der Waals surface area contributed by atoms with Crippen molar-refractivity contribution < 1.29 is 13.2 Å². The molecule has 1 aromatic heterocycles. The summed E-state index contributed by atoms with van der Waals surface area (Å²) in [5.41, 5.74) is 2.05. The zero-order valence-electron chi connectivity index (χ0n) is 13.2. The zero-order valence-corrected chi connectivity index (χ0v) is 14.0. The summed E-state index contributed by atoms with van der Waals surface area (Å²) in [5.74, 6) is 0.654. The first-order chi connectivity index (χ1) is 10.4. The van der Waals surface area contributed by atoms with Gasteiger partial charge in [-0.05, 0) is 49.2 Å². The van der Waals surface area contributed by atoms with E-state index < -0.39 is 10.0 Å². The minimum Gasteiger partial charge on any atom is -0.497 e. The lowest BCUT2D eigenvalue weighted by molar-refractivity contribution is 0.413. The fourth-order valence-electron chi connectivity index (χ4n) is 2.40. The average molecular weight is 320 g/mol. The SMILES string of the molecule is COc1cc(C)c(S(=O)(=O)N(C)Cc2ccccn2)c(C)c1. The Labute approximate surface area is 131 Å². The predicted molar refractivity (Wildman–Crippen MR) is 85.4 cm³/mol. The number of sulfonamides is 1. The minimum absolute atomic E-state index is 0.230. The van der Waals surface area contributed by atoms with E-state index in [0.29, 0.717) is 27.5 Å². The second kappa shape index (κ2) is 6.46. The number of hydrogen-bond donors (Lipinski definition) is 0. The molecule has 5 nitrogen and oxygen atoms in total. The lowest BCUT2D eigenvalue weighted by Gasteiger charge is -2.20. The fraction of sp³-hybridized carbons (Fsp3) is 0.312. The third-order valence-corrected chi connectivity index (χ3v) is 5.56. The van der Waals surface area contributed by atoms with Crippen LogP contribution in [0.4, 0.5) is 0 Å². The van der Waals surface area contributed by atoms with Crippen LogP contribution in [0.1, 0.15) is 16.8 Å². The molecule has 0 saturated heterocycles. The van der Waals surface area contributed by atoms with Gasteiger partial charge in [-0.25, -0.2) is 8.42 Å². The van der Waals surface area contributed by atoms with E-state index in [0.717, 1.165) is 0 Å². The standard InChI is InChI=1S/C16H20N2O3S/c1-12-9-15(21-4)10-13(2)16(12)22(19,20)18(3)11-14-7-5-6-8-17-14/h5-10H,11H2,1-4H3. The van der Waals surface area contributed by atoms with Crippen LogP contribution in [-0.2, 0) is 16.6 Å². The number of pyridine rings is 1. The molecule has 0 spiro atoms. The van der Waals surface area contributed by atoms with E-state index in [1.807, 2.05) is 6.07 Å². The molecular formula is C16H20N2O3S. The highest BCUT2D eigenvalue weighted by molar-refractivity contribution is 7.89. The van der Waals surface area contributed by atoms with Crippen molar-refractivity contribution in [3.63, 3.8) is 0 Å². The number of ether oxygens (including phenoxy) is 1. The van der Waals surface area contributed by atoms with Crippen molar-refractivity contribution in [1.82, 2.24) is 9.29 Å². The van der Waals surface area contributed by atoms with Gasteiger partial charge < -0.3 is 4.74 Å². The van der Waals surface area contributed by atoms with Gasteiger partial charge in [-0.2, -0.15) is 4.31 Å². The Morgan fingerprint density at radius 1 is 1.18 bits per heavy atom. The summed E-state index contributed by atoms with van der Waals surface area (Å²) in [6.45, 7) is 3.78. The number of benzene rings is 1. The summed E-state index contributed by atoms with van der Waals surface area (Å²) >= 11 is 0. The number of nitrogens with zero attached hydrogens (tertiary/aromatic N) is 2. The summed E-state index contributed by atoms with van der Waals surface area (Å²) < 4.78 is 32.2. The third-order valence-electron chi connectivity index (χ3n) is 3.45. The van der Waals surface area contributed by atoms with Gasteiger partial charge in [-0.1, -0.05) is 6.07 Å². The summed E-state index contributed by atoms with van der Waals surface area (Å²) in [5, 5.41) is 0. The maximum atomic E-state index is 12.8. The molecule has 0 fully saturated rings. The van der Waals surface area contributed by atoms with Gasteiger partial charge in [0.1, 0.15) is 5.75 Å². The van der Waals surface area contributed by atoms with Gasteiger partial charge in [0.25, 0.3) is 0 Å². The Morgan fingerprint density at radius 3 is 2.32 bits per heavy atom. The molecule has 6 heteroatoms. The van der Waals surface area contributed by atoms with Gasteiger partial charge in [0.15, 0.2) is 0 Å². The van der Waals surface area contributed by atoms with Crippen molar-refractivity contribution >= 4 is 10.0 Å². The lowest BCUT2D eigenvalue weighted by atomic mass is 10.1. The Hall–Kier alpha value is -1.92. The van der Waals surface area contributed by atoms with Crippen LogP contribution in [-0.4, -0.2) is 31.9 Å². The van der Waals surface area contributed by atoms with Crippen molar-refractivity contribution in [2.45, 2.75) is 25.3 Å². The molecule has 0 N–H and O–H groups in total. The maximum Gasteiger partial charge on any atom is 0.243 e. The molecule has 22 heavy (non-hydrogen) atoms. The molecule has 0 amide bonds. The van der Waals surface area contributed by atoms with E-state index in [9.17, 15) is 8.42 Å². The Balaban J connectivity index is 2.38. The smallest absolute Gasteiger partial charge is 0.243 e. The van der Waals surface area contributed by atoms with Crippen molar-refractivity contribution in [1.29, 1.82) is 0 Å². The summed E-state index contributed by atoms with van der Waals surface area (Å²) in [7, 11) is -0.458. The highest BCUT2D eigenvalue weighted by Gasteiger charge is 2.25. The second-order valence-electron chi connectivity index (χ2n) is 5.17. The topological polar surface area (TPSA) is 59.5 Å². The van der Waals surface area contributed by atoms with Crippen LogP contribution in [0.3, 0.4) is 0 Å². The number of hydrogen-bond acceptors (Lipinski definition) is 4. The van der Waals surface area contributed by atoms with Crippen molar-refractivity contribution in [3.8, 4) is 5.75 Å². The number of aryl methyl sites for hydroxylation is 2. The first-order valence-electron chi connectivity index (χ1n) is 6.87. The molecule has 2 rings (SSSR count). The number of methoxy groups -OCH3 is 1. The second-order valence-corrected chi connectivity index (χ2v) is 7.15. The van der Waals surface area contributed by atoms with Gasteiger partial charge in [0.2, 0.25) is 10.0 Å². The monoisotopic (exact) mass is 320 g/mol. The molecule has 0 aliphatic heterocycles. The minimum atomic E-state index is -3.59. The highest BCUT2D eigenvalue weighted by atomic mass is 32.2. The molecule has 0 bridgehead atoms. The molecular weight excluding hydrogens is 300 g/mol. The molecule has 0 aliphatic rings. The molecule has 0 atom stereocenters. The molecule has 0 radical (unpaired) electrons.